The standard InChI is InChI=1S/C14H24N2O3/c1-7(2)11(15-14(18)19-5)13(17)16-8(3)6-10-9(4)12(10)16/h7-12H,6H2,1-5H3,(H,15,18)/t8-,9-,10?,11?,12?/m1/s1. The highest BCUT2D eigenvalue weighted by atomic mass is 16.5. The number of likely N-dealkylation sites (tertiary alicyclic amines) is 1. The Labute approximate surface area is 114 Å². The van der Waals surface area contributed by atoms with Crippen LogP contribution in [0.4, 0.5) is 4.79 Å². The van der Waals surface area contributed by atoms with Crippen LogP contribution in [-0.4, -0.2) is 42.1 Å². The van der Waals surface area contributed by atoms with Crippen molar-refractivity contribution in [1.82, 2.24) is 10.2 Å². The molecular weight excluding hydrogens is 244 g/mol. The first kappa shape index (κ1) is 14.2. The molecule has 1 N–H and O–H groups in total. The van der Waals surface area contributed by atoms with Gasteiger partial charge in [0.2, 0.25) is 5.91 Å². The molecule has 5 heteroatoms. The number of nitrogens with one attached hydrogen (secondary N) is 1. The van der Waals surface area contributed by atoms with Crippen molar-refractivity contribution in [1.29, 1.82) is 0 Å². The lowest BCUT2D eigenvalue weighted by atomic mass is 10.0. The molecule has 0 spiro atoms. The average molecular weight is 268 g/mol. The fourth-order valence-electron chi connectivity index (χ4n) is 3.36. The summed E-state index contributed by atoms with van der Waals surface area (Å²) in [5.74, 6) is 1.34. The highest BCUT2D eigenvalue weighted by molar-refractivity contribution is 5.87. The smallest absolute Gasteiger partial charge is 0.407 e. The molecule has 1 aliphatic carbocycles. The number of fused-ring (bicyclic) bond motifs is 1. The fraction of sp³-hybridized carbons (Fsp3) is 0.857. The molecule has 0 aromatic heterocycles. The topological polar surface area (TPSA) is 58.6 Å². The second kappa shape index (κ2) is 5.02. The highest BCUT2D eigenvalue weighted by Crippen LogP contribution is 2.53. The number of carbonyl (C=O) groups excluding carboxylic acids is 2. The number of hydrogen-bond donors (Lipinski definition) is 1. The molecule has 0 aromatic rings. The van der Waals surface area contributed by atoms with Gasteiger partial charge in [-0.05, 0) is 31.1 Å². The van der Waals surface area contributed by atoms with Crippen molar-refractivity contribution in [2.24, 2.45) is 17.8 Å². The minimum Gasteiger partial charge on any atom is -0.453 e. The Balaban J connectivity index is 2.09. The summed E-state index contributed by atoms with van der Waals surface area (Å²) < 4.78 is 4.61. The van der Waals surface area contributed by atoms with Crippen LogP contribution in [0.5, 0.6) is 0 Å². The van der Waals surface area contributed by atoms with E-state index in [1.165, 1.54) is 7.11 Å². The summed E-state index contributed by atoms with van der Waals surface area (Å²) in [6.07, 6.45) is 0.542. The second-order valence-corrected chi connectivity index (χ2v) is 6.20. The first-order valence-electron chi connectivity index (χ1n) is 7.05. The molecule has 2 rings (SSSR count). The molecule has 0 radical (unpaired) electrons. The molecule has 3 unspecified atom stereocenters. The number of ether oxygens (including phenoxy) is 1. The average Bonchev–Trinajstić information content (AvgIpc) is 2.82. The third kappa shape index (κ3) is 2.42. The van der Waals surface area contributed by atoms with Crippen LogP contribution in [-0.2, 0) is 9.53 Å². The fourth-order valence-corrected chi connectivity index (χ4v) is 3.36. The van der Waals surface area contributed by atoms with E-state index in [4.69, 9.17) is 0 Å². The molecule has 2 aliphatic rings. The summed E-state index contributed by atoms with van der Waals surface area (Å²) in [7, 11) is 1.31. The first-order chi connectivity index (χ1) is 8.88. The van der Waals surface area contributed by atoms with Crippen molar-refractivity contribution in [2.75, 3.05) is 7.11 Å². The minimum atomic E-state index is -0.542. The van der Waals surface area contributed by atoms with Gasteiger partial charge in [-0.3, -0.25) is 4.79 Å². The van der Waals surface area contributed by atoms with E-state index in [0.29, 0.717) is 17.9 Å². The summed E-state index contributed by atoms with van der Waals surface area (Å²) in [6.45, 7) is 8.16. The van der Waals surface area contributed by atoms with E-state index < -0.39 is 12.1 Å². The van der Waals surface area contributed by atoms with Gasteiger partial charge in [0, 0.05) is 12.1 Å². The van der Waals surface area contributed by atoms with Gasteiger partial charge in [0.25, 0.3) is 0 Å². The number of amides is 2. The van der Waals surface area contributed by atoms with Crippen LogP contribution in [0.1, 0.15) is 34.1 Å². The van der Waals surface area contributed by atoms with E-state index in [1.807, 2.05) is 18.7 Å². The Morgan fingerprint density at radius 3 is 2.42 bits per heavy atom. The Morgan fingerprint density at radius 2 is 1.95 bits per heavy atom. The van der Waals surface area contributed by atoms with Crippen LogP contribution >= 0.6 is 0 Å². The Bertz CT molecular complexity index is 383. The maximum Gasteiger partial charge on any atom is 0.407 e. The van der Waals surface area contributed by atoms with Gasteiger partial charge in [-0.15, -0.1) is 0 Å². The molecule has 2 fully saturated rings. The maximum absolute atomic E-state index is 12.7. The molecule has 2 amide bonds. The van der Waals surface area contributed by atoms with E-state index in [1.54, 1.807) is 0 Å². The Hall–Kier alpha value is -1.26. The van der Waals surface area contributed by atoms with Gasteiger partial charge in [-0.1, -0.05) is 20.8 Å². The zero-order chi connectivity index (χ0) is 14.3. The molecular formula is C14H24N2O3. The van der Waals surface area contributed by atoms with Crippen molar-refractivity contribution in [3.05, 3.63) is 0 Å². The van der Waals surface area contributed by atoms with E-state index in [-0.39, 0.29) is 17.9 Å². The van der Waals surface area contributed by atoms with Crippen LogP contribution < -0.4 is 5.32 Å². The number of alkyl carbamates (subject to hydrolysis) is 1. The molecule has 19 heavy (non-hydrogen) atoms. The molecule has 5 atom stereocenters. The van der Waals surface area contributed by atoms with E-state index >= 15 is 0 Å². The normalized spacial score (nSPS) is 33.9. The van der Waals surface area contributed by atoms with E-state index in [2.05, 4.69) is 23.9 Å². The summed E-state index contributed by atoms with van der Waals surface area (Å²) in [4.78, 5) is 26.0. The summed E-state index contributed by atoms with van der Waals surface area (Å²) >= 11 is 0. The summed E-state index contributed by atoms with van der Waals surface area (Å²) in [6, 6.07) is 0.157. The van der Waals surface area contributed by atoms with Gasteiger partial charge in [0.1, 0.15) is 6.04 Å². The molecule has 0 aromatic carbocycles. The predicted molar refractivity (Wildman–Crippen MR) is 71.5 cm³/mol. The van der Waals surface area contributed by atoms with Gasteiger partial charge >= 0.3 is 6.09 Å². The quantitative estimate of drug-likeness (QED) is 0.846. The zero-order valence-corrected chi connectivity index (χ0v) is 12.3. The SMILES string of the molecule is COC(=O)NC(C(=O)N1C2C(C[C@H]1C)[C@H]2C)C(C)C. The Kier molecular flexibility index (Phi) is 3.74. The molecule has 1 saturated carbocycles. The molecule has 1 aliphatic heterocycles. The minimum absolute atomic E-state index is 0.0322. The Morgan fingerprint density at radius 1 is 1.32 bits per heavy atom. The zero-order valence-electron chi connectivity index (χ0n) is 12.3. The van der Waals surface area contributed by atoms with E-state index in [0.717, 1.165) is 6.42 Å². The molecule has 5 nitrogen and oxygen atoms in total. The number of nitrogens with zero attached hydrogens (tertiary/aromatic N) is 1. The maximum atomic E-state index is 12.7. The van der Waals surface area contributed by atoms with Crippen molar-refractivity contribution in [3.63, 3.8) is 0 Å². The van der Waals surface area contributed by atoms with Gasteiger partial charge in [-0.2, -0.15) is 0 Å². The molecule has 108 valence electrons. The second-order valence-electron chi connectivity index (χ2n) is 6.20. The number of piperidine rings is 1. The van der Waals surface area contributed by atoms with Gasteiger partial charge in [0.05, 0.1) is 7.11 Å². The van der Waals surface area contributed by atoms with Crippen LogP contribution in [0.3, 0.4) is 0 Å². The largest absolute Gasteiger partial charge is 0.453 e. The highest BCUT2D eigenvalue weighted by Gasteiger charge is 2.59. The first-order valence-corrected chi connectivity index (χ1v) is 7.05. The van der Waals surface area contributed by atoms with Crippen LogP contribution in [0.2, 0.25) is 0 Å². The van der Waals surface area contributed by atoms with Crippen molar-refractivity contribution >= 4 is 12.0 Å². The number of hydrogen-bond acceptors (Lipinski definition) is 3. The lowest BCUT2D eigenvalue weighted by molar-refractivity contribution is -0.136. The third-order valence-corrected chi connectivity index (χ3v) is 4.57. The van der Waals surface area contributed by atoms with Gasteiger partial charge < -0.3 is 15.0 Å². The van der Waals surface area contributed by atoms with Crippen LogP contribution in [0.25, 0.3) is 0 Å². The molecule has 0 bridgehead atoms. The van der Waals surface area contributed by atoms with E-state index in [9.17, 15) is 9.59 Å². The van der Waals surface area contributed by atoms with Gasteiger partial charge in [0.15, 0.2) is 0 Å². The van der Waals surface area contributed by atoms with Gasteiger partial charge in [-0.25, -0.2) is 4.79 Å². The number of methoxy groups -OCH3 is 1. The van der Waals surface area contributed by atoms with Crippen molar-refractivity contribution < 1.29 is 14.3 Å². The number of rotatable bonds is 3. The lowest BCUT2D eigenvalue weighted by Crippen LogP contribution is -2.53. The summed E-state index contributed by atoms with van der Waals surface area (Å²) in [5.41, 5.74) is 0. The van der Waals surface area contributed by atoms with Crippen LogP contribution in [0, 0.1) is 17.8 Å². The predicted octanol–water partition coefficient (Wildman–Crippen LogP) is 1.62. The molecule has 1 heterocycles. The summed E-state index contributed by atoms with van der Waals surface area (Å²) in [5, 5.41) is 2.66. The van der Waals surface area contributed by atoms with Crippen molar-refractivity contribution in [3.8, 4) is 0 Å². The number of carbonyl (C=O) groups is 2. The van der Waals surface area contributed by atoms with Crippen molar-refractivity contribution in [2.45, 2.75) is 52.2 Å². The molecule has 1 saturated heterocycles. The lowest BCUT2D eigenvalue weighted by Gasteiger charge is -2.31. The van der Waals surface area contributed by atoms with Crippen LogP contribution in [0.15, 0.2) is 0 Å². The monoisotopic (exact) mass is 268 g/mol. The third-order valence-electron chi connectivity index (χ3n) is 4.57.